The number of likely N-dealkylation sites (N-methyl/N-ethyl adjacent to an activating group) is 1. The van der Waals surface area contributed by atoms with Crippen molar-refractivity contribution in [3.8, 4) is 0 Å². The number of fused-ring (bicyclic) bond motifs is 1. The molecule has 0 radical (unpaired) electrons. The Bertz CT molecular complexity index is 525. The van der Waals surface area contributed by atoms with Gasteiger partial charge in [0, 0.05) is 43.4 Å². The van der Waals surface area contributed by atoms with Crippen molar-refractivity contribution in [1.29, 1.82) is 0 Å². The van der Waals surface area contributed by atoms with E-state index in [1.165, 1.54) is 11.1 Å². The van der Waals surface area contributed by atoms with Gasteiger partial charge in [-0.15, -0.1) is 0 Å². The summed E-state index contributed by atoms with van der Waals surface area (Å²) in [5.74, 6) is 0. The van der Waals surface area contributed by atoms with Gasteiger partial charge < -0.3 is 9.80 Å². The minimum atomic E-state index is 1.09. The molecule has 1 aliphatic heterocycles. The molecule has 2 aromatic rings. The van der Waals surface area contributed by atoms with E-state index < -0.39 is 0 Å². The maximum Gasteiger partial charge on any atom is 0.0722 e. The summed E-state index contributed by atoms with van der Waals surface area (Å²) in [7, 11) is 0. The van der Waals surface area contributed by atoms with E-state index in [0.717, 1.165) is 38.2 Å². The predicted molar refractivity (Wildman–Crippen MR) is 76.1 cm³/mol. The van der Waals surface area contributed by atoms with Crippen molar-refractivity contribution >= 4 is 16.6 Å². The molecule has 1 aromatic heterocycles. The number of piperazine rings is 1. The number of rotatable bonds is 2. The van der Waals surface area contributed by atoms with Crippen molar-refractivity contribution in [1.82, 2.24) is 9.88 Å². The van der Waals surface area contributed by atoms with E-state index >= 15 is 0 Å². The molecule has 3 nitrogen and oxygen atoms in total. The highest BCUT2D eigenvalue weighted by molar-refractivity contribution is 5.91. The van der Waals surface area contributed by atoms with Crippen LogP contribution >= 0.6 is 0 Å². The number of aromatic nitrogens is 1. The molecule has 0 amide bonds. The van der Waals surface area contributed by atoms with E-state index in [1.807, 2.05) is 12.3 Å². The third-order valence-corrected chi connectivity index (χ3v) is 3.78. The molecule has 1 saturated heterocycles. The molecule has 2 heterocycles. The molecule has 0 atom stereocenters. The molecule has 1 aromatic carbocycles. The average Bonchev–Trinajstić information content (AvgIpc) is 2.47. The van der Waals surface area contributed by atoms with Gasteiger partial charge in [0.25, 0.3) is 0 Å². The molecule has 1 fully saturated rings. The lowest BCUT2D eigenvalue weighted by atomic mass is 10.1. The molecule has 3 heteroatoms. The first-order valence-electron chi connectivity index (χ1n) is 6.69. The van der Waals surface area contributed by atoms with Crippen LogP contribution in [0, 0.1) is 0 Å². The largest absolute Gasteiger partial charge is 0.368 e. The fourth-order valence-electron chi connectivity index (χ4n) is 2.67. The SMILES string of the molecule is CCN1CCN(c2cccc3ncccc23)CC1. The molecular weight excluding hydrogens is 222 g/mol. The van der Waals surface area contributed by atoms with Crippen LogP contribution in [-0.4, -0.2) is 42.6 Å². The standard InChI is InChI=1S/C15H19N3/c1-2-17-9-11-18(12-10-17)15-7-3-6-14-13(15)5-4-8-16-14/h3-8H,2,9-12H2,1H3. The van der Waals surface area contributed by atoms with Gasteiger partial charge in [0.1, 0.15) is 0 Å². The number of pyridine rings is 1. The topological polar surface area (TPSA) is 19.4 Å². The van der Waals surface area contributed by atoms with Crippen LogP contribution < -0.4 is 4.90 Å². The second-order valence-corrected chi connectivity index (χ2v) is 4.77. The first kappa shape index (κ1) is 11.5. The highest BCUT2D eigenvalue weighted by atomic mass is 15.3. The van der Waals surface area contributed by atoms with Gasteiger partial charge in [-0.25, -0.2) is 0 Å². The molecule has 0 spiro atoms. The van der Waals surface area contributed by atoms with Gasteiger partial charge in [-0.3, -0.25) is 4.98 Å². The van der Waals surface area contributed by atoms with E-state index in [-0.39, 0.29) is 0 Å². The van der Waals surface area contributed by atoms with Gasteiger partial charge in [0.05, 0.1) is 5.52 Å². The first-order chi connectivity index (χ1) is 8.88. The summed E-state index contributed by atoms with van der Waals surface area (Å²) in [6.45, 7) is 7.94. The lowest BCUT2D eigenvalue weighted by Gasteiger charge is -2.36. The molecule has 0 bridgehead atoms. The number of anilines is 1. The van der Waals surface area contributed by atoms with Gasteiger partial charge in [-0.1, -0.05) is 13.0 Å². The smallest absolute Gasteiger partial charge is 0.0722 e. The minimum absolute atomic E-state index is 1.09. The Morgan fingerprint density at radius 3 is 2.67 bits per heavy atom. The van der Waals surface area contributed by atoms with Crippen molar-refractivity contribution in [3.63, 3.8) is 0 Å². The molecule has 18 heavy (non-hydrogen) atoms. The Hall–Kier alpha value is -1.61. The van der Waals surface area contributed by atoms with Crippen LogP contribution in [0.1, 0.15) is 6.92 Å². The van der Waals surface area contributed by atoms with Crippen LogP contribution in [0.15, 0.2) is 36.5 Å². The Labute approximate surface area is 108 Å². The monoisotopic (exact) mass is 241 g/mol. The fraction of sp³-hybridized carbons (Fsp3) is 0.400. The number of hydrogen-bond acceptors (Lipinski definition) is 3. The third-order valence-electron chi connectivity index (χ3n) is 3.78. The molecule has 0 saturated carbocycles. The first-order valence-corrected chi connectivity index (χ1v) is 6.69. The van der Waals surface area contributed by atoms with E-state index in [1.54, 1.807) is 0 Å². The maximum absolute atomic E-state index is 4.43. The summed E-state index contributed by atoms with van der Waals surface area (Å²) in [4.78, 5) is 9.41. The van der Waals surface area contributed by atoms with Gasteiger partial charge in [0.15, 0.2) is 0 Å². The zero-order valence-electron chi connectivity index (χ0n) is 10.8. The molecule has 1 aliphatic rings. The van der Waals surface area contributed by atoms with Gasteiger partial charge in [-0.05, 0) is 30.8 Å². The van der Waals surface area contributed by atoms with Crippen LogP contribution in [0.3, 0.4) is 0 Å². The van der Waals surface area contributed by atoms with Gasteiger partial charge in [0.2, 0.25) is 0 Å². The number of nitrogens with zero attached hydrogens (tertiary/aromatic N) is 3. The Morgan fingerprint density at radius 1 is 1.06 bits per heavy atom. The van der Waals surface area contributed by atoms with Crippen molar-refractivity contribution in [3.05, 3.63) is 36.5 Å². The van der Waals surface area contributed by atoms with Crippen LogP contribution in [0.4, 0.5) is 5.69 Å². The maximum atomic E-state index is 4.43. The molecule has 0 N–H and O–H groups in total. The summed E-state index contributed by atoms with van der Waals surface area (Å²) in [5, 5.41) is 1.27. The molecular formula is C15H19N3. The van der Waals surface area contributed by atoms with Crippen molar-refractivity contribution < 1.29 is 0 Å². The van der Waals surface area contributed by atoms with E-state index in [2.05, 4.69) is 46.0 Å². The lowest BCUT2D eigenvalue weighted by molar-refractivity contribution is 0.271. The van der Waals surface area contributed by atoms with Crippen LogP contribution in [0.5, 0.6) is 0 Å². The summed E-state index contributed by atoms with van der Waals surface area (Å²) in [5.41, 5.74) is 2.42. The van der Waals surface area contributed by atoms with E-state index in [4.69, 9.17) is 0 Å². The second-order valence-electron chi connectivity index (χ2n) is 4.77. The molecule has 3 rings (SSSR count). The quantitative estimate of drug-likeness (QED) is 0.804. The zero-order chi connectivity index (χ0) is 12.4. The predicted octanol–water partition coefficient (Wildman–Crippen LogP) is 2.38. The Kier molecular flexibility index (Phi) is 3.15. The molecule has 0 unspecified atom stereocenters. The highest BCUT2D eigenvalue weighted by Crippen LogP contribution is 2.26. The molecule has 94 valence electrons. The second kappa shape index (κ2) is 4.94. The average molecular weight is 241 g/mol. The highest BCUT2D eigenvalue weighted by Gasteiger charge is 2.17. The van der Waals surface area contributed by atoms with Crippen LogP contribution in [0.25, 0.3) is 10.9 Å². The number of benzene rings is 1. The van der Waals surface area contributed by atoms with Crippen LogP contribution in [0.2, 0.25) is 0 Å². The van der Waals surface area contributed by atoms with E-state index in [9.17, 15) is 0 Å². The lowest BCUT2D eigenvalue weighted by Crippen LogP contribution is -2.46. The van der Waals surface area contributed by atoms with Crippen molar-refractivity contribution in [2.24, 2.45) is 0 Å². The normalized spacial score (nSPS) is 17.3. The summed E-state index contributed by atoms with van der Waals surface area (Å²) in [6, 6.07) is 10.6. The van der Waals surface area contributed by atoms with Gasteiger partial charge >= 0.3 is 0 Å². The zero-order valence-corrected chi connectivity index (χ0v) is 10.8. The summed E-state index contributed by atoms with van der Waals surface area (Å²) in [6.07, 6.45) is 1.86. The van der Waals surface area contributed by atoms with Gasteiger partial charge in [-0.2, -0.15) is 0 Å². The Balaban J connectivity index is 1.91. The van der Waals surface area contributed by atoms with Crippen LogP contribution in [-0.2, 0) is 0 Å². The Morgan fingerprint density at radius 2 is 1.89 bits per heavy atom. The van der Waals surface area contributed by atoms with Crippen molar-refractivity contribution in [2.75, 3.05) is 37.6 Å². The van der Waals surface area contributed by atoms with Crippen molar-refractivity contribution in [2.45, 2.75) is 6.92 Å². The summed E-state index contributed by atoms with van der Waals surface area (Å²) >= 11 is 0. The minimum Gasteiger partial charge on any atom is -0.368 e. The fourth-order valence-corrected chi connectivity index (χ4v) is 2.67. The summed E-state index contributed by atoms with van der Waals surface area (Å²) < 4.78 is 0. The third kappa shape index (κ3) is 2.06. The molecule has 0 aliphatic carbocycles. The number of hydrogen-bond donors (Lipinski definition) is 0. The van der Waals surface area contributed by atoms with E-state index in [0.29, 0.717) is 0 Å².